The molecule has 4 nitrogen and oxygen atoms in total. The summed E-state index contributed by atoms with van der Waals surface area (Å²) < 4.78 is 4.87. The number of carboxylic acids is 1. The molecular weight excluding hydrogens is 146 g/mol. The van der Waals surface area contributed by atoms with Crippen LogP contribution in [0.1, 0.15) is 29.8 Å². The average molecular weight is 155 g/mol. The summed E-state index contributed by atoms with van der Waals surface area (Å²) in [7, 11) is 0. The second-order valence-corrected chi connectivity index (χ2v) is 2.17. The van der Waals surface area contributed by atoms with E-state index < -0.39 is 5.97 Å². The quantitative estimate of drug-likeness (QED) is 0.715. The van der Waals surface area contributed by atoms with Crippen LogP contribution in [0.3, 0.4) is 0 Å². The summed E-state index contributed by atoms with van der Waals surface area (Å²) in [6, 6.07) is 0. The summed E-state index contributed by atoms with van der Waals surface area (Å²) >= 11 is 0. The second-order valence-electron chi connectivity index (χ2n) is 2.17. The van der Waals surface area contributed by atoms with E-state index in [4.69, 9.17) is 9.52 Å². The monoisotopic (exact) mass is 155 g/mol. The highest BCUT2D eigenvalue weighted by Gasteiger charge is 2.08. The first-order valence-corrected chi connectivity index (χ1v) is 3.42. The van der Waals surface area contributed by atoms with Gasteiger partial charge in [-0.05, 0) is 6.42 Å². The van der Waals surface area contributed by atoms with Gasteiger partial charge in [-0.1, -0.05) is 6.92 Å². The highest BCUT2D eigenvalue weighted by Crippen LogP contribution is 2.04. The van der Waals surface area contributed by atoms with Crippen molar-refractivity contribution >= 4 is 5.97 Å². The van der Waals surface area contributed by atoms with Gasteiger partial charge in [0.2, 0.25) is 5.76 Å². The zero-order valence-corrected chi connectivity index (χ0v) is 6.20. The summed E-state index contributed by atoms with van der Waals surface area (Å²) in [6.45, 7) is 1.98. The molecule has 1 aromatic heterocycles. The fraction of sp³-hybridized carbons (Fsp3) is 0.429. The van der Waals surface area contributed by atoms with Crippen molar-refractivity contribution in [1.29, 1.82) is 0 Å². The standard InChI is InChI=1S/C7H9NO3/c1-2-3-6-8-4-5(11-6)7(9)10/h4H,2-3H2,1H3,(H,9,10). The summed E-state index contributed by atoms with van der Waals surface area (Å²) in [4.78, 5) is 14.1. The molecule has 0 fully saturated rings. The van der Waals surface area contributed by atoms with Gasteiger partial charge in [0.05, 0.1) is 6.20 Å². The van der Waals surface area contributed by atoms with Gasteiger partial charge in [0.25, 0.3) is 0 Å². The van der Waals surface area contributed by atoms with E-state index in [9.17, 15) is 4.79 Å². The van der Waals surface area contributed by atoms with Gasteiger partial charge in [-0.25, -0.2) is 9.78 Å². The first kappa shape index (κ1) is 7.78. The topological polar surface area (TPSA) is 63.3 Å². The number of aryl methyl sites for hydroxylation is 1. The van der Waals surface area contributed by atoms with Crippen LogP contribution in [0, 0.1) is 0 Å². The molecule has 1 heterocycles. The molecule has 60 valence electrons. The number of oxazole rings is 1. The third-order valence-electron chi connectivity index (χ3n) is 1.23. The molecule has 11 heavy (non-hydrogen) atoms. The lowest BCUT2D eigenvalue weighted by atomic mass is 10.3. The SMILES string of the molecule is CCCc1ncc(C(=O)O)o1. The molecule has 0 radical (unpaired) electrons. The van der Waals surface area contributed by atoms with Crippen molar-refractivity contribution in [1.82, 2.24) is 4.98 Å². The Bertz CT molecular complexity index is 254. The fourth-order valence-corrected chi connectivity index (χ4v) is 0.739. The van der Waals surface area contributed by atoms with Gasteiger partial charge in [0, 0.05) is 6.42 Å². The lowest BCUT2D eigenvalue weighted by molar-refractivity contribution is 0.0660. The van der Waals surface area contributed by atoms with Crippen LogP contribution in [-0.2, 0) is 6.42 Å². The number of hydrogen-bond donors (Lipinski definition) is 1. The lowest BCUT2D eigenvalue weighted by Gasteiger charge is -1.86. The summed E-state index contributed by atoms with van der Waals surface area (Å²) in [5, 5.41) is 8.43. The Balaban J connectivity index is 2.73. The number of nitrogens with zero attached hydrogens (tertiary/aromatic N) is 1. The summed E-state index contributed by atoms with van der Waals surface area (Å²) in [5.74, 6) is -0.668. The molecule has 0 unspecified atom stereocenters. The van der Waals surface area contributed by atoms with E-state index in [-0.39, 0.29) is 5.76 Å². The van der Waals surface area contributed by atoms with E-state index in [0.717, 1.165) is 6.42 Å². The number of hydrogen-bond acceptors (Lipinski definition) is 3. The van der Waals surface area contributed by atoms with Crippen LogP contribution in [0.15, 0.2) is 10.6 Å². The number of aromatic nitrogens is 1. The van der Waals surface area contributed by atoms with Crippen molar-refractivity contribution in [2.45, 2.75) is 19.8 Å². The Hall–Kier alpha value is -1.32. The van der Waals surface area contributed by atoms with E-state index in [2.05, 4.69) is 4.98 Å². The molecule has 0 aliphatic heterocycles. The predicted octanol–water partition coefficient (Wildman–Crippen LogP) is 1.33. The molecule has 0 spiro atoms. The minimum atomic E-state index is -1.07. The molecule has 0 aliphatic carbocycles. The van der Waals surface area contributed by atoms with Crippen molar-refractivity contribution in [2.24, 2.45) is 0 Å². The van der Waals surface area contributed by atoms with Crippen molar-refractivity contribution in [3.8, 4) is 0 Å². The Morgan fingerprint density at radius 2 is 2.55 bits per heavy atom. The van der Waals surface area contributed by atoms with Gasteiger partial charge in [0.1, 0.15) is 0 Å². The molecule has 0 aliphatic rings. The van der Waals surface area contributed by atoms with Gasteiger partial charge < -0.3 is 9.52 Å². The third-order valence-corrected chi connectivity index (χ3v) is 1.23. The fourth-order valence-electron chi connectivity index (χ4n) is 0.739. The highest BCUT2D eigenvalue weighted by atomic mass is 16.4. The van der Waals surface area contributed by atoms with Crippen LogP contribution in [0.4, 0.5) is 0 Å². The smallest absolute Gasteiger partial charge is 0.373 e. The van der Waals surface area contributed by atoms with Crippen LogP contribution in [-0.4, -0.2) is 16.1 Å². The second kappa shape index (κ2) is 3.18. The molecule has 4 heteroatoms. The maximum atomic E-state index is 10.3. The first-order valence-electron chi connectivity index (χ1n) is 3.42. The Morgan fingerprint density at radius 1 is 1.82 bits per heavy atom. The summed E-state index contributed by atoms with van der Waals surface area (Å²) in [6.07, 6.45) is 2.82. The van der Waals surface area contributed by atoms with Crippen LogP contribution >= 0.6 is 0 Å². The van der Waals surface area contributed by atoms with Gasteiger partial charge in [-0.15, -0.1) is 0 Å². The molecule has 0 amide bonds. The molecule has 0 saturated carbocycles. The molecule has 0 atom stereocenters. The van der Waals surface area contributed by atoms with Crippen molar-refractivity contribution in [3.63, 3.8) is 0 Å². The van der Waals surface area contributed by atoms with Gasteiger partial charge in [-0.3, -0.25) is 0 Å². The van der Waals surface area contributed by atoms with Crippen LogP contribution in [0.5, 0.6) is 0 Å². The van der Waals surface area contributed by atoms with E-state index in [0.29, 0.717) is 12.3 Å². The maximum Gasteiger partial charge on any atom is 0.373 e. The first-order chi connectivity index (χ1) is 5.24. The molecule has 1 N–H and O–H groups in total. The van der Waals surface area contributed by atoms with Gasteiger partial charge in [-0.2, -0.15) is 0 Å². The third kappa shape index (κ3) is 1.80. The molecule has 0 saturated heterocycles. The van der Waals surface area contributed by atoms with Gasteiger partial charge >= 0.3 is 5.97 Å². The maximum absolute atomic E-state index is 10.3. The van der Waals surface area contributed by atoms with Crippen molar-refractivity contribution in [3.05, 3.63) is 17.8 Å². The number of rotatable bonds is 3. The van der Waals surface area contributed by atoms with Crippen molar-refractivity contribution in [2.75, 3.05) is 0 Å². The molecular formula is C7H9NO3. The Labute approximate surface area is 63.9 Å². The summed E-state index contributed by atoms with van der Waals surface area (Å²) in [5.41, 5.74) is 0. The van der Waals surface area contributed by atoms with Crippen LogP contribution in [0.2, 0.25) is 0 Å². The normalized spacial score (nSPS) is 9.91. The zero-order chi connectivity index (χ0) is 8.27. The van der Waals surface area contributed by atoms with Crippen molar-refractivity contribution < 1.29 is 14.3 Å². The van der Waals surface area contributed by atoms with E-state index in [1.54, 1.807) is 0 Å². The number of carbonyl (C=O) groups is 1. The van der Waals surface area contributed by atoms with E-state index in [1.165, 1.54) is 6.20 Å². The molecule has 1 rings (SSSR count). The van der Waals surface area contributed by atoms with Crippen LogP contribution < -0.4 is 0 Å². The minimum Gasteiger partial charge on any atom is -0.475 e. The molecule has 0 aromatic carbocycles. The largest absolute Gasteiger partial charge is 0.475 e. The zero-order valence-electron chi connectivity index (χ0n) is 6.20. The van der Waals surface area contributed by atoms with E-state index >= 15 is 0 Å². The Kier molecular flexibility index (Phi) is 2.25. The predicted molar refractivity (Wildman–Crippen MR) is 37.5 cm³/mol. The lowest BCUT2D eigenvalue weighted by Crippen LogP contribution is -1.91. The highest BCUT2D eigenvalue weighted by molar-refractivity contribution is 5.83. The number of aromatic carboxylic acids is 1. The molecule has 1 aromatic rings. The van der Waals surface area contributed by atoms with Crippen LogP contribution in [0.25, 0.3) is 0 Å². The molecule has 0 bridgehead atoms. The average Bonchev–Trinajstić information content (AvgIpc) is 2.37. The minimum absolute atomic E-state index is 0.0894. The number of carboxylic acid groups (broad SMARTS) is 1. The Morgan fingerprint density at radius 3 is 3.00 bits per heavy atom. The van der Waals surface area contributed by atoms with Gasteiger partial charge in [0.15, 0.2) is 5.89 Å². The van der Waals surface area contributed by atoms with E-state index in [1.807, 2.05) is 6.92 Å².